The van der Waals surface area contributed by atoms with Crippen LogP contribution in [0.3, 0.4) is 0 Å². The fourth-order valence-electron chi connectivity index (χ4n) is 3.57. The van der Waals surface area contributed by atoms with Crippen LogP contribution in [-0.4, -0.2) is 44.2 Å². The number of benzene rings is 2. The van der Waals surface area contributed by atoms with Gasteiger partial charge < -0.3 is 4.74 Å². The van der Waals surface area contributed by atoms with Crippen molar-refractivity contribution in [1.82, 2.24) is 4.31 Å². The highest BCUT2D eigenvalue weighted by molar-refractivity contribution is 7.89. The molecule has 0 atom stereocenters. The van der Waals surface area contributed by atoms with Crippen molar-refractivity contribution >= 4 is 33.4 Å². The minimum atomic E-state index is -3.84. The number of hydrogen-bond donors (Lipinski definition) is 0. The molecule has 8 heteroatoms. The molecule has 0 saturated heterocycles. The molecule has 1 aliphatic carbocycles. The summed E-state index contributed by atoms with van der Waals surface area (Å²) in [5.74, 6) is -1.08. The highest BCUT2D eigenvalue weighted by Crippen LogP contribution is 2.26. The average molecular weight is 450 g/mol. The van der Waals surface area contributed by atoms with E-state index in [1.165, 1.54) is 28.1 Å². The number of aryl methyl sites for hydroxylation is 2. The number of fused-ring (bicyclic) bond motifs is 1. The second kappa shape index (κ2) is 9.29. The number of Topliss-reactive ketones (excluding diaryl/α,β-unsaturated/α-hetero) is 1. The van der Waals surface area contributed by atoms with Crippen LogP contribution in [0, 0.1) is 0 Å². The Balaban J connectivity index is 1.74. The number of carbonyl (C=O) groups excluding carboxylic acids is 2. The van der Waals surface area contributed by atoms with Gasteiger partial charge in [-0.3, -0.25) is 4.79 Å². The second-order valence-corrected chi connectivity index (χ2v) is 9.38. The Bertz CT molecular complexity index is 1080. The van der Waals surface area contributed by atoms with Crippen molar-refractivity contribution < 1.29 is 22.7 Å². The Labute approximate surface area is 181 Å². The number of esters is 1. The van der Waals surface area contributed by atoms with Gasteiger partial charge in [-0.2, -0.15) is 4.31 Å². The van der Waals surface area contributed by atoms with Gasteiger partial charge in [-0.25, -0.2) is 13.2 Å². The molecule has 0 bridgehead atoms. The third kappa shape index (κ3) is 4.58. The first kappa shape index (κ1) is 22.5. The quantitative estimate of drug-likeness (QED) is 0.451. The molecule has 0 saturated carbocycles. The van der Waals surface area contributed by atoms with E-state index in [0.717, 1.165) is 24.8 Å². The molecule has 0 amide bonds. The van der Waals surface area contributed by atoms with Crippen LogP contribution in [0.15, 0.2) is 41.3 Å². The van der Waals surface area contributed by atoms with E-state index < -0.39 is 22.6 Å². The van der Waals surface area contributed by atoms with E-state index in [0.29, 0.717) is 5.56 Å². The SMILES string of the molecule is CCN(CC)S(=O)(=O)c1cc(C(=O)OCC(=O)c2ccc3c(c2)CCC3)ccc1Cl. The fourth-order valence-corrected chi connectivity index (χ4v) is 5.53. The van der Waals surface area contributed by atoms with Gasteiger partial charge in [0, 0.05) is 18.7 Å². The molecule has 0 aliphatic heterocycles. The summed E-state index contributed by atoms with van der Waals surface area (Å²) in [4.78, 5) is 24.7. The van der Waals surface area contributed by atoms with Gasteiger partial charge in [0.25, 0.3) is 0 Å². The topological polar surface area (TPSA) is 80.8 Å². The summed E-state index contributed by atoms with van der Waals surface area (Å²) in [7, 11) is -3.84. The zero-order chi connectivity index (χ0) is 21.9. The van der Waals surface area contributed by atoms with Gasteiger partial charge >= 0.3 is 5.97 Å². The van der Waals surface area contributed by atoms with Gasteiger partial charge in [0.15, 0.2) is 12.4 Å². The number of ketones is 1. The molecule has 3 rings (SSSR count). The molecule has 2 aromatic rings. The third-order valence-corrected chi connectivity index (χ3v) is 7.78. The summed E-state index contributed by atoms with van der Waals surface area (Å²) < 4.78 is 31.9. The first-order chi connectivity index (χ1) is 14.3. The molecule has 0 radical (unpaired) electrons. The minimum Gasteiger partial charge on any atom is -0.454 e. The largest absolute Gasteiger partial charge is 0.454 e. The van der Waals surface area contributed by atoms with Crippen LogP contribution in [-0.2, 0) is 27.6 Å². The number of nitrogens with zero attached hydrogens (tertiary/aromatic N) is 1. The zero-order valence-electron chi connectivity index (χ0n) is 17.0. The Morgan fingerprint density at radius 1 is 1.00 bits per heavy atom. The van der Waals surface area contributed by atoms with E-state index in [1.54, 1.807) is 19.9 Å². The number of ether oxygens (including phenoxy) is 1. The first-order valence-electron chi connectivity index (χ1n) is 9.89. The van der Waals surface area contributed by atoms with Crippen molar-refractivity contribution in [2.75, 3.05) is 19.7 Å². The van der Waals surface area contributed by atoms with Gasteiger partial charge in [0.1, 0.15) is 4.90 Å². The smallest absolute Gasteiger partial charge is 0.338 e. The molecule has 2 aromatic carbocycles. The number of halogens is 1. The summed E-state index contributed by atoms with van der Waals surface area (Å²) in [6.45, 7) is 3.58. The van der Waals surface area contributed by atoms with Crippen molar-refractivity contribution in [3.05, 3.63) is 63.7 Å². The molecular formula is C22H24ClNO5S. The number of rotatable bonds is 8. The third-order valence-electron chi connectivity index (χ3n) is 5.24. The van der Waals surface area contributed by atoms with E-state index in [4.69, 9.17) is 16.3 Å². The van der Waals surface area contributed by atoms with Crippen LogP contribution < -0.4 is 0 Å². The maximum Gasteiger partial charge on any atom is 0.338 e. The summed E-state index contributed by atoms with van der Waals surface area (Å²) >= 11 is 6.09. The van der Waals surface area contributed by atoms with E-state index >= 15 is 0 Å². The van der Waals surface area contributed by atoms with Crippen LogP contribution in [0.25, 0.3) is 0 Å². The Morgan fingerprint density at radius 2 is 1.67 bits per heavy atom. The Kier molecular flexibility index (Phi) is 6.95. The maximum absolute atomic E-state index is 12.8. The van der Waals surface area contributed by atoms with E-state index in [9.17, 15) is 18.0 Å². The molecule has 1 aliphatic rings. The summed E-state index contributed by atoms with van der Waals surface area (Å²) in [6, 6.07) is 9.47. The first-order valence-corrected chi connectivity index (χ1v) is 11.7. The maximum atomic E-state index is 12.8. The lowest BCUT2D eigenvalue weighted by atomic mass is 10.0. The van der Waals surface area contributed by atoms with Gasteiger partial charge in [-0.05, 0) is 54.7 Å². The highest BCUT2D eigenvalue weighted by Gasteiger charge is 2.26. The van der Waals surface area contributed by atoms with Crippen molar-refractivity contribution in [2.45, 2.75) is 38.0 Å². The van der Waals surface area contributed by atoms with Crippen LogP contribution in [0.4, 0.5) is 0 Å². The molecule has 0 aromatic heterocycles. The molecule has 0 N–H and O–H groups in total. The molecule has 30 heavy (non-hydrogen) atoms. The van der Waals surface area contributed by atoms with Gasteiger partial charge in [0.05, 0.1) is 10.6 Å². The normalized spacial score (nSPS) is 13.3. The molecule has 0 unspecified atom stereocenters. The molecular weight excluding hydrogens is 426 g/mol. The van der Waals surface area contributed by atoms with Crippen LogP contribution in [0.1, 0.15) is 52.1 Å². The summed E-state index contributed by atoms with van der Waals surface area (Å²) in [5.41, 5.74) is 2.94. The van der Waals surface area contributed by atoms with Crippen LogP contribution in [0.5, 0.6) is 0 Å². The minimum absolute atomic E-state index is 0.0203. The van der Waals surface area contributed by atoms with Crippen molar-refractivity contribution in [1.29, 1.82) is 0 Å². The number of sulfonamides is 1. The molecule has 0 heterocycles. The number of carbonyl (C=O) groups is 2. The summed E-state index contributed by atoms with van der Waals surface area (Å²) in [5, 5.41) is 0.0210. The fraction of sp³-hybridized carbons (Fsp3) is 0.364. The molecule has 0 fully saturated rings. The predicted octanol–water partition coefficient (Wildman–Crippen LogP) is 3.90. The number of hydrogen-bond acceptors (Lipinski definition) is 5. The van der Waals surface area contributed by atoms with Gasteiger partial charge in [0.2, 0.25) is 10.0 Å². The van der Waals surface area contributed by atoms with E-state index in [2.05, 4.69) is 0 Å². The van der Waals surface area contributed by atoms with Crippen molar-refractivity contribution in [3.63, 3.8) is 0 Å². The molecule has 160 valence electrons. The van der Waals surface area contributed by atoms with E-state index in [1.807, 2.05) is 12.1 Å². The van der Waals surface area contributed by atoms with E-state index in [-0.39, 0.29) is 34.4 Å². The van der Waals surface area contributed by atoms with Crippen LogP contribution >= 0.6 is 11.6 Å². The standard InChI is InChI=1S/C22H24ClNO5S/c1-3-24(4-2)30(27,28)21-13-18(10-11-19(21)23)22(26)29-14-20(25)17-9-8-15-6-5-7-16(15)12-17/h8-13H,3-7,14H2,1-2H3. The highest BCUT2D eigenvalue weighted by atomic mass is 35.5. The average Bonchev–Trinajstić information content (AvgIpc) is 3.20. The summed E-state index contributed by atoms with van der Waals surface area (Å²) in [6.07, 6.45) is 3.05. The van der Waals surface area contributed by atoms with Gasteiger partial charge in [-0.1, -0.05) is 37.6 Å². The second-order valence-electron chi connectivity index (χ2n) is 7.07. The monoisotopic (exact) mass is 449 g/mol. The van der Waals surface area contributed by atoms with Crippen LogP contribution in [0.2, 0.25) is 5.02 Å². The molecule has 0 spiro atoms. The van der Waals surface area contributed by atoms with Gasteiger partial charge in [-0.15, -0.1) is 0 Å². The zero-order valence-corrected chi connectivity index (χ0v) is 18.6. The predicted molar refractivity (Wildman–Crippen MR) is 115 cm³/mol. The van der Waals surface area contributed by atoms with Crippen molar-refractivity contribution in [2.24, 2.45) is 0 Å². The molecule has 6 nitrogen and oxygen atoms in total. The lowest BCUT2D eigenvalue weighted by Gasteiger charge is -2.19. The lowest BCUT2D eigenvalue weighted by molar-refractivity contribution is 0.0474. The van der Waals surface area contributed by atoms with Crippen molar-refractivity contribution in [3.8, 4) is 0 Å². The Hall–Kier alpha value is -2.22. The Morgan fingerprint density at radius 3 is 2.37 bits per heavy atom. The lowest BCUT2D eigenvalue weighted by Crippen LogP contribution is -2.31.